The Balaban J connectivity index is 1.70. The summed E-state index contributed by atoms with van der Waals surface area (Å²) >= 11 is 0. The Morgan fingerprint density at radius 1 is 0.867 bits per heavy atom. The summed E-state index contributed by atoms with van der Waals surface area (Å²) in [7, 11) is -3.65. The quantitative estimate of drug-likeness (QED) is 0.504. The van der Waals surface area contributed by atoms with Crippen LogP contribution < -0.4 is 0 Å². The van der Waals surface area contributed by atoms with Crippen LogP contribution in [0.4, 0.5) is 0 Å². The Labute approximate surface area is 177 Å². The molecule has 0 radical (unpaired) electrons. The number of nitrogens with one attached hydrogen (secondary N) is 1. The molecular weight excluding hydrogens is 392 g/mol. The average Bonchev–Trinajstić information content (AvgIpc) is 3.13. The zero-order chi connectivity index (χ0) is 20.9. The minimum Gasteiger partial charge on any atom is -0.357 e. The van der Waals surface area contributed by atoms with Gasteiger partial charge in [-0.05, 0) is 49.6 Å². The van der Waals surface area contributed by atoms with Gasteiger partial charge in [-0.25, -0.2) is 8.42 Å². The van der Waals surface area contributed by atoms with E-state index in [9.17, 15) is 8.42 Å². The molecule has 0 fully saturated rings. The monoisotopic (exact) mass is 416 g/mol. The van der Waals surface area contributed by atoms with Gasteiger partial charge in [-0.3, -0.25) is 0 Å². The van der Waals surface area contributed by atoms with Crippen LogP contribution in [0.25, 0.3) is 10.9 Å². The van der Waals surface area contributed by atoms with Gasteiger partial charge in [0.2, 0.25) is 10.0 Å². The summed E-state index contributed by atoms with van der Waals surface area (Å²) in [6.07, 6.45) is 0.687. The third kappa shape index (κ3) is 3.06. The first-order chi connectivity index (χ1) is 14.4. The molecule has 0 saturated carbocycles. The lowest BCUT2D eigenvalue weighted by Gasteiger charge is -2.35. The predicted octanol–water partition coefficient (Wildman–Crippen LogP) is 5.12. The lowest BCUT2D eigenvalue weighted by Crippen LogP contribution is -2.40. The van der Waals surface area contributed by atoms with Gasteiger partial charge in [-0.1, -0.05) is 65.7 Å². The summed E-state index contributed by atoms with van der Waals surface area (Å²) in [4.78, 5) is 3.87. The molecule has 3 aromatic carbocycles. The molecule has 5 heteroatoms. The number of aromatic nitrogens is 1. The number of hydrogen-bond donors (Lipinski definition) is 1. The van der Waals surface area contributed by atoms with Crippen LogP contribution in [-0.2, 0) is 16.4 Å². The average molecular weight is 417 g/mol. The molecule has 0 aliphatic carbocycles. The number of aryl methyl sites for hydroxylation is 2. The molecule has 1 atom stereocenters. The molecule has 152 valence electrons. The molecule has 4 aromatic rings. The van der Waals surface area contributed by atoms with E-state index in [0.29, 0.717) is 17.9 Å². The van der Waals surface area contributed by atoms with Crippen LogP contribution in [-0.4, -0.2) is 24.3 Å². The van der Waals surface area contributed by atoms with E-state index in [4.69, 9.17) is 0 Å². The third-order valence-electron chi connectivity index (χ3n) is 6.01. The number of nitrogens with zero attached hydrogens (tertiary/aromatic N) is 1. The van der Waals surface area contributed by atoms with Gasteiger partial charge < -0.3 is 4.98 Å². The number of benzene rings is 3. The van der Waals surface area contributed by atoms with Crippen LogP contribution in [0.3, 0.4) is 0 Å². The van der Waals surface area contributed by atoms with Crippen LogP contribution in [0, 0.1) is 13.8 Å². The molecule has 0 saturated heterocycles. The van der Waals surface area contributed by atoms with Crippen molar-refractivity contribution in [2.45, 2.75) is 31.2 Å². The van der Waals surface area contributed by atoms with Crippen LogP contribution >= 0.6 is 0 Å². The number of aromatic amines is 1. The normalized spacial score (nSPS) is 17.2. The standard InChI is InChI=1S/C25H24N2O2S/c1-17-7-11-19(12-8-17)25-24-22(21-5-3-4-6-23(21)26-24)15-16-27(25)30(28,29)20-13-9-18(2)10-14-20/h3-14,25-26H,15-16H2,1-2H3/t25-/m0/s1. The number of hydrogen-bond acceptors (Lipinski definition) is 2. The van der Waals surface area contributed by atoms with Crippen molar-refractivity contribution < 1.29 is 8.42 Å². The molecule has 30 heavy (non-hydrogen) atoms. The van der Waals surface area contributed by atoms with Gasteiger partial charge in [0.15, 0.2) is 0 Å². The fraction of sp³-hybridized carbons (Fsp3) is 0.200. The first-order valence-electron chi connectivity index (χ1n) is 10.2. The minimum absolute atomic E-state index is 0.338. The molecule has 5 rings (SSSR count). The van der Waals surface area contributed by atoms with Crippen molar-refractivity contribution in [2.75, 3.05) is 6.54 Å². The summed E-state index contributed by atoms with van der Waals surface area (Å²) in [6.45, 7) is 4.45. The molecule has 4 nitrogen and oxygen atoms in total. The fourth-order valence-electron chi connectivity index (χ4n) is 4.40. The maximum Gasteiger partial charge on any atom is 0.244 e. The molecule has 0 amide bonds. The summed E-state index contributed by atoms with van der Waals surface area (Å²) in [5, 5.41) is 1.18. The van der Waals surface area contributed by atoms with E-state index in [1.54, 1.807) is 16.4 Å². The highest BCUT2D eigenvalue weighted by molar-refractivity contribution is 7.89. The highest BCUT2D eigenvalue weighted by Gasteiger charge is 2.39. The number of fused-ring (bicyclic) bond motifs is 3. The van der Waals surface area contributed by atoms with Crippen molar-refractivity contribution in [1.82, 2.24) is 9.29 Å². The van der Waals surface area contributed by atoms with Crippen LogP contribution in [0.5, 0.6) is 0 Å². The SMILES string of the molecule is Cc1ccc([C@H]2c3[nH]c4ccccc4c3CCN2S(=O)(=O)c2ccc(C)cc2)cc1. The first kappa shape index (κ1) is 19.1. The van der Waals surface area contributed by atoms with Gasteiger partial charge in [0, 0.05) is 23.1 Å². The topological polar surface area (TPSA) is 53.2 Å². The maximum atomic E-state index is 13.7. The van der Waals surface area contributed by atoms with Crippen molar-refractivity contribution in [2.24, 2.45) is 0 Å². The van der Waals surface area contributed by atoms with Crippen molar-refractivity contribution in [1.29, 1.82) is 0 Å². The van der Waals surface area contributed by atoms with Crippen molar-refractivity contribution in [3.05, 3.63) is 101 Å². The van der Waals surface area contributed by atoms with Gasteiger partial charge >= 0.3 is 0 Å². The highest BCUT2D eigenvalue weighted by Crippen LogP contribution is 2.41. The van der Waals surface area contributed by atoms with Gasteiger partial charge in [0.1, 0.15) is 0 Å². The maximum absolute atomic E-state index is 13.7. The number of para-hydroxylation sites is 1. The van der Waals surface area contributed by atoms with E-state index in [0.717, 1.165) is 27.9 Å². The van der Waals surface area contributed by atoms with Gasteiger partial charge in [-0.15, -0.1) is 0 Å². The summed E-state index contributed by atoms with van der Waals surface area (Å²) in [5.74, 6) is 0. The number of rotatable bonds is 3. The number of H-pyrrole nitrogens is 1. The molecule has 1 aliphatic heterocycles. The Hall–Kier alpha value is -2.89. The molecule has 0 bridgehead atoms. The largest absolute Gasteiger partial charge is 0.357 e. The van der Waals surface area contributed by atoms with E-state index < -0.39 is 10.0 Å². The summed E-state index contributed by atoms with van der Waals surface area (Å²) in [6, 6.07) is 23.1. The van der Waals surface area contributed by atoms with Crippen molar-refractivity contribution in [3.8, 4) is 0 Å². The van der Waals surface area contributed by atoms with Crippen molar-refractivity contribution >= 4 is 20.9 Å². The Kier molecular flexibility index (Phi) is 4.53. The Morgan fingerprint density at radius 2 is 1.50 bits per heavy atom. The second-order valence-corrected chi connectivity index (χ2v) is 9.95. The second-order valence-electron chi connectivity index (χ2n) is 8.05. The number of sulfonamides is 1. The van der Waals surface area contributed by atoms with Gasteiger partial charge in [0.05, 0.1) is 10.9 Å². The van der Waals surface area contributed by atoms with E-state index >= 15 is 0 Å². The Morgan fingerprint density at radius 3 is 2.20 bits per heavy atom. The second kappa shape index (κ2) is 7.11. The van der Waals surface area contributed by atoms with Crippen LogP contribution in [0.2, 0.25) is 0 Å². The zero-order valence-electron chi connectivity index (χ0n) is 17.1. The third-order valence-corrected chi connectivity index (χ3v) is 7.89. The molecule has 0 spiro atoms. The van der Waals surface area contributed by atoms with Gasteiger partial charge in [-0.2, -0.15) is 4.31 Å². The lowest BCUT2D eigenvalue weighted by molar-refractivity contribution is 0.340. The lowest BCUT2D eigenvalue weighted by atomic mass is 9.94. The molecule has 1 aromatic heterocycles. The molecule has 2 heterocycles. The predicted molar refractivity (Wildman–Crippen MR) is 120 cm³/mol. The van der Waals surface area contributed by atoms with Crippen molar-refractivity contribution in [3.63, 3.8) is 0 Å². The molecule has 0 unspecified atom stereocenters. The van der Waals surface area contributed by atoms with Crippen LogP contribution in [0.15, 0.2) is 77.7 Å². The van der Waals surface area contributed by atoms with E-state index in [1.807, 2.05) is 62.4 Å². The fourth-order valence-corrected chi connectivity index (χ4v) is 5.99. The minimum atomic E-state index is -3.65. The van der Waals surface area contributed by atoms with Crippen LogP contribution in [0.1, 0.15) is 34.0 Å². The van der Waals surface area contributed by atoms with E-state index in [-0.39, 0.29) is 6.04 Å². The van der Waals surface area contributed by atoms with E-state index in [1.165, 1.54) is 10.9 Å². The Bertz CT molecular complexity index is 1320. The summed E-state index contributed by atoms with van der Waals surface area (Å²) < 4.78 is 29.0. The first-order valence-corrected chi connectivity index (χ1v) is 11.6. The van der Waals surface area contributed by atoms with E-state index in [2.05, 4.69) is 17.1 Å². The zero-order valence-corrected chi connectivity index (χ0v) is 17.9. The highest BCUT2D eigenvalue weighted by atomic mass is 32.2. The van der Waals surface area contributed by atoms with Gasteiger partial charge in [0.25, 0.3) is 0 Å². The smallest absolute Gasteiger partial charge is 0.244 e. The summed E-state index contributed by atoms with van der Waals surface area (Å²) in [5.41, 5.74) is 6.41. The molecule has 1 aliphatic rings. The molecule has 1 N–H and O–H groups in total. The molecular formula is C25H24N2O2S.